The summed E-state index contributed by atoms with van der Waals surface area (Å²) < 4.78 is 1.68. The van der Waals surface area contributed by atoms with Crippen LogP contribution in [0.2, 0.25) is 0 Å². The van der Waals surface area contributed by atoms with Crippen LogP contribution in [-0.4, -0.2) is 89.2 Å². The molecule has 7 N–H and O–H groups in total. The molecule has 2 saturated heterocycles. The molecule has 49 heavy (non-hydrogen) atoms. The van der Waals surface area contributed by atoms with E-state index in [1.165, 1.54) is 35.4 Å². The molecule has 6 rings (SSSR count). The number of anilines is 2. The molecule has 3 aromatic rings. The number of carboxylic acid groups (broad SMARTS) is 1. The van der Waals surface area contributed by atoms with E-state index in [1.807, 2.05) is 6.07 Å². The maximum absolute atomic E-state index is 13.4. The lowest BCUT2D eigenvalue weighted by molar-refractivity contribution is -0.684. The number of benzene rings is 1. The number of pyridine rings is 1. The molecule has 2 fully saturated rings. The Morgan fingerprint density at radius 2 is 2.02 bits per heavy atom. The molecule has 0 unspecified atom stereocenters. The topological polar surface area (TPSA) is 232 Å². The number of aliphatic carboxylic acids is 1. The lowest BCUT2D eigenvalue weighted by atomic mass is 10.0. The smallest absolute Gasteiger partial charge is 0.352 e. The fourth-order valence-electron chi connectivity index (χ4n) is 5.67. The van der Waals surface area contributed by atoms with Crippen LogP contribution in [0.25, 0.3) is 0 Å². The Bertz CT molecular complexity index is 1980. The van der Waals surface area contributed by atoms with E-state index in [-0.39, 0.29) is 52.9 Å². The van der Waals surface area contributed by atoms with Crippen molar-refractivity contribution in [3.05, 3.63) is 88.3 Å². The van der Waals surface area contributed by atoms with Crippen molar-refractivity contribution in [2.75, 3.05) is 23.3 Å². The number of allylic oxidation sites excluding steroid dienone is 1. The SMILES string of the molecule is Nc1nc(/C(=N/O)C(=O)N[C@@H]2C(=O)N3C(C(=O)O)=C(C=C4CCN(Cc5ccc[n+](CC(=O)Nc6cccc(O)c6)c5)C4=O)CS[C@H]23)cs1. The Hall–Kier alpha value is -5.75. The van der Waals surface area contributed by atoms with Crippen molar-refractivity contribution in [3.63, 3.8) is 0 Å². The van der Waals surface area contributed by atoms with E-state index in [4.69, 9.17) is 5.73 Å². The van der Waals surface area contributed by atoms with Gasteiger partial charge in [0.2, 0.25) is 12.5 Å². The minimum atomic E-state index is -1.35. The second-order valence-electron chi connectivity index (χ2n) is 11.2. The van der Waals surface area contributed by atoms with Gasteiger partial charge in [0.15, 0.2) is 23.2 Å². The average molecular weight is 706 g/mol. The van der Waals surface area contributed by atoms with Gasteiger partial charge in [0.05, 0.1) is 6.54 Å². The zero-order valence-corrected chi connectivity index (χ0v) is 27.1. The van der Waals surface area contributed by atoms with Crippen molar-refractivity contribution in [1.82, 2.24) is 20.1 Å². The highest BCUT2D eigenvalue weighted by atomic mass is 32.2. The van der Waals surface area contributed by atoms with Gasteiger partial charge in [0, 0.05) is 46.6 Å². The van der Waals surface area contributed by atoms with Gasteiger partial charge in [-0.25, -0.2) is 9.78 Å². The van der Waals surface area contributed by atoms with Crippen LogP contribution in [-0.2, 0) is 37.1 Å². The summed E-state index contributed by atoms with van der Waals surface area (Å²) in [5.41, 5.74) is 6.84. The number of carbonyl (C=O) groups is 5. The summed E-state index contributed by atoms with van der Waals surface area (Å²) in [5, 5.41) is 38.1. The van der Waals surface area contributed by atoms with Crippen LogP contribution in [0.3, 0.4) is 0 Å². The first kappa shape index (κ1) is 33.2. The standard InChI is InChI=1S/C31H28N8O8S2/c32-31-34-21(15-49-31)23(36-47)26(42)35-24-28(44)39-25(30(45)46)18(14-48-29(24)39)9-17-6-8-38(27(17)43)12-16-3-2-7-37(11-16)13-22(41)33-19-4-1-5-20(40)10-19/h1-5,7,9-11,15,24,29H,6,8,12-14H2,(H6-,32,33,34,35,40,41,42,45,46,47)/p+1/t24-,29-/m1/s1. The Balaban J connectivity index is 1.10. The molecule has 0 saturated carbocycles. The molecule has 2 aromatic heterocycles. The zero-order valence-electron chi connectivity index (χ0n) is 25.5. The number of nitrogens with one attached hydrogen (secondary N) is 2. The van der Waals surface area contributed by atoms with Gasteiger partial charge in [0.1, 0.15) is 28.6 Å². The van der Waals surface area contributed by atoms with Crippen LogP contribution in [0.4, 0.5) is 10.8 Å². The number of rotatable bonds is 10. The van der Waals surface area contributed by atoms with Gasteiger partial charge in [-0.2, -0.15) is 4.57 Å². The fraction of sp³-hybridized carbons (Fsp3) is 0.226. The number of nitrogen functional groups attached to an aromatic ring is 1. The number of amides is 4. The molecular formula is C31H29N8O8S2+. The molecule has 1 aromatic carbocycles. The van der Waals surface area contributed by atoms with Crippen molar-refractivity contribution in [2.45, 2.75) is 30.9 Å². The van der Waals surface area contributed by atoms with Crippen LogP contribution in [0, 0.1) is 0 Å². The molecule has 0 bridgehead atoms. The summed E-state index contributed by atoms with van der Waals surface area (Å²) in [6, 6.07) is 8.73. The van der Waals surface area contributed by atoms with Gasteiger partial charge in [-0.05, 0) is 36.3 Å². The predicted molar refractivity (Wildman–Crippen MR) is 176 cm³/mol. The van der Waals surface area contributed by atoms with E-state index in [9.17, 15) is 39.4 Å². The molecule has 3 aliphatic rings. The number of carbonyl (C=O) groups excluding carboxylic acids is 4. The minimum absolute atomic E-state index is 0.00421. The van der Waals surface area contributed by atoms with E-state index in [0.717, 1.165) is 21.8 Å². The van der Waals surface area contributed by atoms with Gasteiger partial charge in [0.25, 0.3) is 17.7 Å². The quantitative estimate of drug-likeness (QED) is 0.0428. The fourth-order valence-corrected chi connectivity index (χ4v) is 7.53. The van der Waals surface area contributed by atoms with Gasteiger partial charge in [-0.1, -0.05) is 11.2 Å². The van der Waals surface area contributed by atoms with Crippen molar-refractivity contribution in [3.8, 4) is 5.75 Å². The number of nitrogens with two attached hydrogens (primary N) is 1. The molecule has 0 radical (unpaired) electrons. The first-order valence-electron chi connectivity index (χ1n) is 14.7. The summed E-state index contributed by atoms with van der Waals surface area (Å²) in [6.07, 6.45) is 5.36. The summed E-state index contributed by atoms with van der Waals surface area (Å²) in [5.74, 6) is -3.28. The number of likely N-dealkylation sites (tertiary alicyclic amines) is 1. The molecule has 2 atom stereocenters. The average Bonchev–Trinajstić information content (AvgIpc) is 3.64. The van der Waals surface area contributed by atoms with Crippen molar-refractivity contribution in [1.29, 1.82) is 0 Å². The van der Waals surface area contributed by atoms with E-state index in [1.54, 1.807) is 40.1 Å². The van der Waals surface area contributed by atoms with Crippen LogP contribution in [0.1, 0.15) is 17.7 Å². The molecule has 18 heteroatoms. The number of fused-ring (bicyclic) bond motifs is 1. The van der Waals surface area contributed by atoms with Crippen LogP contribution in [0.5, 0.6) is 5.75 Å². The second kappa shape index (κ2) is 13.8. The Morgan fingerprint density at radius 1 is 1.20 bits per heavy atom. The second-order valence-corrected chi connectivity index (χ2v) is 13.2. The summed E-state index contributed by atoms with van der Waals surface area (Å²) >= 11 is 2.26. The molecule has 3 aliphatic heterocycles. The number of oxime groups is 1. The molecular weight excluding hydrogens is 677 g/mol. The number of nitrogens with zero attached hydrogens (tertiary/aromatic N) is 5. The zero-order chi connectivity index (χ0) is 34.8. The molecule has 5 heterocycles. The highest BCUT2D eigenvalue weighted by Crippen LogP contribution is 2.41. The van der Waals surface area contributed by atoms with Gasteiger partial charge < -0.3 is 36.7 Å². The number of hydrogen-bond donors (Lipinski definition) is 6. The highest BCUT2D eigenvalue weighted by Gasteiger charge is 2.54. The Labute approximate surface area is 286 Å². The maximum Gasteiger partial charge on any atom is 0.352 e. The maximum atomic E-state index is 13.4. The lowest BCUT2D eigenvalue weighted by Gasteiger charge is -2.49. The van der Waals surface area contributed by atoms with E-state index in [2.05, 4.69) is 20.8 Å². The van der Waals surface area contributed by atoms with E-state index < -0.39 is 34.9 Å². The van der Waals surface area contributed by atoms with E-state index in [0.29, 0.717) is 29.8 Å². The van der Waals surface area contributed by atoms with Crippen LogP contribution in [0.15, 0.2) is 82.2 Å². The Kier molecular flexibility index (Phi) is 9.32. The molecule has 4 amide bonds. The van der Waals surface area contributed by atoms with Gasteiger partial charge in [-0.15, -0.1) is 23.1 Å². The number of phenols is 1. The number of phenolic OH excluding ortho intramolecular Hbond substituents is 1. The van der Waals surface area contributed by atoms with Gasteiger partial charge >= 0.3 is 5.97 Å². The van der Waals surface area contributed by atoms with Crippen LogP contribution < -0.4 is 20.9 Å². The monoisotopic (exact) mass is 705 g/mol. The number of thiazole rings is 1. The van der Waals surface area contributed by atoms with Crippen molar-refractivity contribution < 1.29 is 44.0 Å². The first-order valence-corrected chi connectivity index (χ1v) is 16.7. The van der Waals surface area contributed by atoms with E-state index >= 15 is 0 Å². The Morgan fingerprint density at radius 3 is 2.73 bits per heavy atom. The third-order valence-electron chi connectivity index (χ3n) is 7.88. The summed E-state index contributed by atoms with van der Waals surface area (Å²) in [6.45, 7) is 0.648. The van der Waals surface area contributed by atoms with Crippen LogP contribution >= 0.6 is 23.1 Å². The first-order chi connectivity index (χ1) is 23.5. The molecule has 252 valence electrons. The number of aromatic hydroxyl groups is 1. The third-order valence-corrected chi connectivity index (χ3v) is 9.85. The molecule has 16 nitrogen and oxygen atoms in total. The number of β-lactam (4-membered cyclic amide) rings is 1. The number of hydrogen-bond acceptors (Lipinski definition) is 12. The normalized spacial score (nSPS) is 19.9. The van der Waals surface area contributed by atoms with Crippen molar-refractivity contribution in [2.24, 2.45) is 5.16 Å². The number of carboxylic acids is 1. The van der Waals surface area contributed by atoms with Crippen molar-refractivity contribution >= 4 is 69.2 Å². The lowest BCUT2D eigenvalue weighted by Crippen LogP contribution is -2.71. The highest BCUT2D eigenvalue weighted by molar-refractivity contribution is 8.00. The third kappa shape index (κ3) is 6.95. The molecule has 0 aliphatic carbocycles. The largest absolute Gasteiger partial charge is 0.508 e. The number of aromatic nitrogens is 2. The van der Waals surface area contributed by atoms with Gasteiger partial charge in [-0.3, -0.25) is 24.1 Å². The number of thioether (sulfide) groups is 1. The summed E-state index contributed by atoms with van der Waals surface area (Å²) in [4.78, 5) is 70.8. The minimum Gasteiger partial charge on any atom is -0.508 e. The summed E-state index contributed by atoms with van der Waals surface area (Å²) in [7, 11) is 0. The molecule has 0 spiro atoms. The predicted octanol–water partition coefficient (Wildman–Crippen LogP) is 0.633.